The van der Waals surface area contributed by atoms with Crippen molar-refractivity contribution >= 4 is 12.0 Å². The molecule has 6 heteroatoms. The van der Waals surface area contributed by atoms with Gasteiger partial charge in [0.15, 0.2) is 0 Å². The highest BCUT2D eigenvalue weighted by Crippen LogP contribution is 2.28. The van der Waals surface area contributed by atoms with E-state index in [2.05, 4.69) is 17.6 Å². The van der Waals surface area contributed by atoms with Gasteiger partial charge in [-0.05, 0) is 38.0 Å². The smallest absolute Gasteiger partial charge is 0.338 e. The van der Waals surface area contributed by atoms with Crippen LogP contribution in [0.3, 0.4) is 0 Å². The van der Waals surface area contributed by atoms with Crippen molar-refractivity contribution in [3.05, 3.63) is 41.1 Å². The van der Waals surface area contributed by atoms with Crippen molar-refractivity contribution in [3.63, 3.8) is 0 Å². The largest absolute Gasteiger partial charge is 0.494 e. The number of nitrogens with one attached hydrogen (secondary N) is 2. The van der Waals surface area contributed by atoms with Crippen LogP contribution in [0.5, 0.6) is 5.75 Å². The minimum Gasteiger partial charge on any atom is -0.494 e. The first-order valence-electron chi connectivity index (χ1n) is 8.75. The summed E-state index contributed by atoms with van der Waals surface area (Å²) in [4.78, 5) is 24.4. The van der Waals surface area contributed by atoms with E-state index in [1.54, 1.807) is 6.92 Å². The second-order valence-corrected chi connectivity index (χ2v) is 5.92. The summed E-state index contributed by atoms with van der Waals surface area (Å²) in [5.41, 5.74) is 1.75. The molecule has 0 radical (unpaired) electrons. The summed E-state index contributed by atoms with van der Waals surface area (Å²) < 4.78 is 10.8. The third-order valence-corrected chi connectivity index (χ3v) is 3.99. The second-order valence-electron chi connectivity index (χ2n) is 5.92. The van der Waals surface area contributed by atoms with Gasteiger partial charge in [0.05, 0.1) is 24.8 Å². The monoisotopic (exact) mass is 346 g/mol. The van der Waals surface area contributed by atoms with Gasteiger partial charge in [0, 0.05) is 5.70 Å². The molecule has 25 heavy (non-hydrogen) atoms. The summed E-state index contributed by atoms with van der Waals surface area (Å²) in [7, 11) is 0. The van der Waals surface area contributed by atoms with E-state index in [0.717, 1.165) is 30.6 Å². The highest BCUT2D eigenvalue weighted by molar-refractivity contribution is 5.95. The molecule has 1 aliphatic heterocycles. The Hall–Kier alpha value is -2.50. The number of unbranched alkanes of at least 4 members (excludes halogenated alkanes) is 2. The van der Waals surface area contributed by atoms with Gasteiger partial charge in [-0.2, -0.15) is 0 Å². The Kier molecular flexibility index (Phi) is 6.86. The highest BCUT2D eigenvalue weighted by Gasteiger charge is 2.32. The van der Waals surface area contributed by atoms with E-state index < -0.39 is 12.0 Å². The molecule has 0 bridgehead atoms. The number of allylic oxidation sites excluding steroid dienone is 1. The average Bonchev–Trinajstić information content (AvgIpc) is 2.59. The van der Waals surface area contributed by atoms with Gasteiger partial charge in [-0.25, -0.2) is 9.59 Å². The predicted octanol–water partition coefficient (Wildman–Crippen LogP) is 3.45. The third-order valence-electron chi connectivity index (χ3n) is 3.99. The number of urea groups is 1. The van der Waals surface area contributed by atoms with E-state index in [4.69, 9.17) is 9.47 Å². The molecular weight excluding hydrogens is 320 g/mol. The average molecular weight is 346 g/mol. The summed E-state index contributed by atoms with van der Waals surface area (Å²) in [5.74, 6) is 0.343. The molecule has 2 rings (SSSR count). The van der Waals surface area contributed by atoms with Crippen LogP contribution >= 0.6 is 0 Å². The lowest BCUT2D eigenvalue weighted by molar-refractivity contribution is -0.139. The number of esters is 1. The van der Waals surface area contributed by atoms with E-state index in [-0.39, 0.29) is 6.03 Å². The molecule has 2 N–H and O–H groups in total. The van der Waals surface area contributed by atoms with Crippen LogP contribution in [0.1, 0.15) is 51.6 Å². The van der Waals surface area contributed by atoms with Crippen LogP contribution in [0.4, 0.5) is 4.79 Å². The molecule has 1 aromatic rings. The predicted molar refractivity (Wildman–Crippen MR) is 95.2 cm³/mol. The molecule has 1 atom stereocenters. The number of ether oxygens (including phenoxy) is 2. The van der Waals surface area contributed by atoms with Crippen LogP contribution in [0, 0.1) is 0 Å². The zero-order valence-corrected chi connectivity index (χ0v) is 15.1. The quantitative estimate of drug-likeness (QED) is 0.558. The van der Waals surface area contributed by atoms with Gasteiger partial charge in [0.1, 0.15) is 5.75 Å². The molecule has 0 saturated carbocycles. The zero-order chi connectivity index (χ0) is 18.2. The van der Waals surface area contributed by atoms with Crippen molar-refractivity contribution in [1.82, 2.24) is 10.6 Å². The number of amides is 2. The lowest BCUT2D eigenvalue weighted by Crippen LogP contribution is -2.45. The van der Waals surface area contributed by atoms with Crippen LogP contribution in [0.15, 0.2) is 35.5 Å². The Bertz CT molecular complexity index is 637. The van der Waals surface area contributed by atoms with Crippen molar-refractivity contribution < 1.29 is 19.1 Å². The minimum atomic E-state index is -0.539. The fraction of sp³-hybridized carbons (Fsp3) is 0.474. The Balaban J connectivity index is 2.19. The maximum Gasteiger partial charge on any atom is 0.338 e. The number of rotatable bonds is 8. The van der Waals surface area contributed by atoms with Crippen LogP contribution in [-0.4, -0.2) is 25.2 Å². The Morgan fingerprint density at radius 2 is 1.88 bits per heavy atom. The molecular formula is C19H26N2O4. The fourth-order valence-corrected chi connectivity index (χ4v) is 2.73. The van der Waals surface area contributed by atoms with E-state index in [1.165, 1.54) is 0 Å². The van der Waals surface area contributed by atoms with Crippen LogP contribution in [-0.2, 0) is 9.53 Å². The van der Waals surface area contributed by atoms with Crippen molar-refractivity contribution in [2.24, 2.45) is 0 Å². The maximum absolute atomic E-state index is 12.5. The first-order chi connectivity index (χ1) is 12.1. The van der Waals surface area contributed by atoms with Gasteiger partial charge >= 0.3 is 12.0 Å². The van der Waals surface area contributed by atoms with Crippen LogP contribution in [0.25, 0.3) is 0 Å². The molecule has 0 aliphatic carbocycles. The van der Waals surface area contributed by atoms with Crippen molar-refractivity contribution in [1.29, 1.82) is 0 Å². The summed E-state index contributed by atoms with van der Waals surface area (Å²) in [6.45, 7) is 6.69. The summed E-state index contributed by atoms with van der Waals surface area (Å²) in [6, 6.07) is 6.47. The lowest BCUT2D eigenvalue weighted by atomic mass is 9.95. The van der Waals surface area contributed by atoms with E-state index in [0.29, 0.717) is 24.5 Å². The summed E-state index contributed by atoms with van der Waals surface area (Å²) >= 11 is 0. The molecule has 6 nitrogen and oxygen atoms in total. The van der Waals surface area contributed by atoms with Gasteiger partial charge in [-0.3, -0.25) is 0 Å². The van der Waals surface area contributed by atoms with Gasteiger partial charge in [0.2, 0.25) is 0 Å². The maximum atomic E-state index is 12.5. The second kappa shape index (κ2) is 9.11. The topological polar surface area (TPSA) is 76.7 Å². The first kappa shape index (κ1) is 18.8. The number of hydrogen-bond donors (Lipinski definition) is 2. The van der Waals surface area contributed by atoms with Gasteiger partial charge in [0.25, 0.3) is 0 Å². The van der Waals surface area contributed by atoms with Crippen LogP contribution in [0.2, 0.25) is 0 Å². The SMILES string of the molecule is CCCCCOC(=O)C1=C(C)NC(=O)N[C@H]1c1ccc(OCC)cc1. The van der Waals surface area contributed by atoms with Crippen molar-refractivity contribution in [2.45, 2.75) is 46.1 Å². The number of carbonyl (C=O) groups is 2. The van der Waals surface area contributed by atoms with Crippen molar-refractivity contribution in [2.75, 3.05) is 13.2 Å². The van der Waals surface area contributed by atoms with Crippen LogP contribution < -0.4 is 15.4 Å². The van der Waals surface area contributed by atoms with Gasteiger partial charge < -0.3 is 20.1 Å². The molecule has 136 valence electrons. The van der Waals surface area contributed by atoms with Crippen molar-refractivity contribution in [3.8, 4) is 5.75 Å². The molecule has 0 unspecified atom stereocenters. The van der Waals surface area contributed by atoms with E-state index >= 15 is 0 Å². The van der Waals surface area contributed by atoms with E-state index in [9.17, 15) is 9.59 Å². The van der Waals surface area contributed by atoms with Gasteiger partial charge in [-0.1, -0.05) is 31.9 Å². The molecule has 0 saturated heterocycles. The molecule has 1 aromatic carbocycles. The Morgan fingerprint density at radius 3 is 2.52 bits per heavy atom. The molecule has 1 heterocycles. The highest BCUT2D eigenvalue weighted by atomic mass is 16.5. The Labute approximate surface area is 148 Å². The number of hydrogen-bond acceptors (Lipinski definition) is 4. The number of carbonyl (C=O) groups excluding carboxylic acids is 2. The Morgan fingerprint density at radius 1 is 1.16 bits per heavy atom. The third kappa shape index (κ3) is 4.98. The standard InChI is InChI=1S/C19H26N2O4/c1-4-6-7-12-25-18(22)16-13(3)20-19(23)21-17(16)14-8-10-15(11-9-14)24-5-2/h8-11,17H,4-7,12H2,1-3H3,(H2,20,21,23)/t17-/m0/s1. The van der Waals surface area contributed by atoms with Gasteiger partial charge in [-0.15, -0.1) is 0 Å². The summed E-state index contributed by atoms with van der Waals surface area (Å²) in [5, 5.41) is 5.44. The molecule has 0 aromatic heterocycles. The molecule has 1 aliphatic rings. The minimum absolute atomic E-state index is 0.334. The summed E-state index contributed by atoms with van der Waals surface area (Å²) in [6.07, 6.45) is 2.91. The normalized spacial score (nSPS) is 16.9. The zero-order valence-electron chi connectivity index (χ0n) is 15.1. The lowest BCUT2D eigenvalue weighted by Gasteiger charge is -2.28. The molecule has 0 spiro atoms. The fourth-order valence-electron chi connectivity index (χ4n) is 2.73. The number of benzene rings is 1. The first-order valence-corrected chi connectivity index (χ1v) is 8.75. The molecule has 0 fully saturated rings. The molecule has 2 amide bonds. The van der Waals surface area contributed by atoms with E-state index in [1.807, 2.05) is 31.2 Å².